The summed E-state index contributed by atoms with van der Waals surface area (Å²) >= 11 is 0. The average Bonchev–Trinajstić information content (AvgIpc) is 2.52. The molecule has 0 spiro atoms. The lowest BCUT2D eigenvalue weighted by Gasteiger charge is -2.40. The van der Waals surface area contributed by atoms with Gasteiger partial charge in [0.2, 0.25) is 0 Å². The number of hydrogen-bond acceptors (Lipinski definition) is 0. The first kappa shape index (κ1) is 20.0. The SMILES string of the molecule is CCCC(C)CCCC1CCC(C2CC(F)C(F)C(F)C2)C(F)C1. The van der Waals surface area contributed by atoms with Gasteiger partial charge in [-0.2, -0.15) is 0 Å². The Morgan fingerprint density at radius 3 is 2.12 bits per heavy atom. The van der Waals surface area contributed by atoms with Gasteiger partial charge in [0.15, 0.2) is 6.17 Å². The molecule has 2 fully saturated rings. The summed E-state index contributed by atoms with van der Waals surface area (Å²) in [5, 5.41) is 0. The Balaban J connectivity index is 1.74. The summed E-state index contributed by atoms with van der Waals surface area (Å²) in [6, 6.07) is 0. The van der Waals surface area contributed by atoms with E-state index in [0.29, 0.717) is 18.8 Å². The molecule has 0 aromatic heterocycles. The number of rotatable bonds is 7. The molecule has 2 rings (SSSR count). The molecule has 0 aromatic carbocycles. The van der Waals surface area contributed by atoms with Gasteiger partial charge < -0.3 is 0 Å². The fraction of sp³-hybridized carbons (Fsp3) is 1.00. The quantitative estimate of drug-likeness (QED) is 0.444. The Hall–Kier alpha value is -0.280. The molecular formula is C20H34F4. The summed E-state index contributed by atoms with van der Waals surface area (Å²) in [5.41, 5.74) is 0. The van der Waals surface area contributed by atoms with Crippen molar-refractivity contribution in [3.05, 3.63) is 0 Å². The number of halogens is 4. The van der Waals surface area contributed by atoms with Crippen LogP contribution in [0.3, 0.4) is 0 Å². The molecule has 0 heterocycles. The summed E-state index contributed by atoms with van der Waals surface area (Å²) in [7, 11) is 0. The Morgan fingerprint density at radius 1 is 0.875 bits per heavy atom. The number of alkyl halides is 4. The second-order valence-corrected chi connectivity index (χ2v) is 8.39. The Morgan fingerprint density at radius 2 is 1.54 bits per heavy atom. The molecule has 0 bridgehead atoms. The summed E-state index contributed by atoms with van der Waals surface area (Å²) < 4.78 is 55.1. The molecule has 0 nitrogen and oxygen atoms in total. The van der Waals surface area contributed by atoms with Gasteiger partial charge in [-0.05, 0) is 55.8 Å². The molecule has 24 heavy (non-hydrogen) atoms. The summed E-state index contributed by atoms with van der Waals surface area (Å²) in [4.78, 5) is 0. The molecule has 6 atom stereocenters. The molecule has 142 valence electrons. The summed E-state index contributed by atoms with van der Waals surface area (Å²) in [6.07, 6.45) is 1.55. The van der Waals surface area contributed by atoms with Crippen LogP contribution in [-0.4, -0.2) is 24.7 Å². The molecule has 2 aliphatic carbocycles. The van der Waals surface area contributed by atoms with Gasteiger partial charge in [-0.3, -0.25) is 0 Å². The van der Waals surface area contributed by atoms with Crippen molar-refractivity contribution in [1.82, 2.24) is 0 Å². The fourth-order valence-corrected chi connectivity index (χ4v) is 4.92. The molecule has 4 heteroatoms. The van der Waals surface area contributed by atoms with E-state index in [2.05, 4.69) is 13.8 Å². The van der Waals surface area contributed by atoms with Crippen LogP contribution in [-0.2, 0) is 0 Å². The molecule has 2 aliphatic rings. The number of hydrogen-bond donors (Lipinski definition) is 0. The van der Waals surface area contributed by atoms with E-state index in [4.69, 9.17) is 0 Å². The molecule has 2 saturated carbocycles. The minimum absolute atomic E-state index is 0.00806. The lowest BCUT2D eigenvalue weighted by molar-refractivity contribution is -0.0236. The van der Waals surface area contributed by atoms with Crippen LogP contribution >= 0.6 is 0 Å². The van der Waals surface area contributed by atoms with Gasteiger partial charge in [-0.1, -0.05) is 46.0 Å². The van der Waals surface area contributed by atoms with Crippen LogP contribution < -0.4 is 0 Å². The van der Waals surface area contributed by atoms with Gasteiger partial charge in [-0.25, -0.2) is 17.6 Å². The van der Waals surface area contributed by atoms with E-state index >= 15 is 0 Å². The van der Waals surface area contributed by atoms with Crippen molar-refractivity contribution in [1.29, 1.82) is 0 Å². The van der Waals surface area contributed by atoms with Crippen LogP contribution in [0.1, 0.15) is 78.1 Å². The highest BCUT2D eigenvalue weighted by molar-refractivity contribution is 4.93. The van der Waals surface area contributed by atoms with Gasteiger partial charge in [0.25, 0.3) is 0 Å². The standard InChI is InChI=1S/C20H34F4/c1-3-5-13(2)6-4-7-14-8-9-16(17(21)10-14)15-11-18(22)20(24)19(23)12-15/h13-20H,3-12H2,1-2H3. The van der Waals surface area contributed by atoms with Gasteiger partial charge in [0, 0.05) is 0 Å². The summed E-state index contributed by atoms with van der Waals surface area (Å²) in [6.45, 7) is 4.48. The van der Waals surface area contributed by atoms with Crippen LogP contribution in [0.4, 0.5) is 17.6 Å². The zero-order valence-corrected chi connectivity index (χ0v) is 15.2. The van der Waals surface area contributed by atoms with E-state index in [9.17, 15) is 17.6 Å². The third kappa shape index (κ3) is 5.36. The van der Waals surface area contributed by atoms with Crippen molar-refractivity contribution in [3.8, 4) is 0 Å². The van der Waals surface area contributed by atoms with Crippen molar-refractivity contribution in [2.45, 2.75) is 103 Å². The zero-order chi connectivity index (χ0) is 17.7. The molecule has 6 unspecified atom stereocenters. The maximum atomic E-state index is 14.6. The Labute approximate surface area is 144 Å². The fourth-order valence-electron chi connectivity index (χ4n) is 4.92. The molecule has 0 N–H and O–H groups in total. The van der Waals surface area contributed by atoms with Gasteiger partial charge in [-0.15, -0.1) is 0 Å². The molecule has 0 saturated heterocycles. The predicted molar refractivity (Wildman–Crippen MR) is 91.1 cm³/mol. The van der Waals surface area contributed by atoms with E-state index in [1.807, 2.05) is 0 Å². The van der Waals surface area contributed by atoms with E-state index in [1.54, 1.807) is 0 Å². The Bertz CT molecular complexity index is 350. The zero-order valence-electron chi connectivity index (χ0n) is 15.2. The van der Waals surface area contributed by atoms with Crippen LogP contribution in [0.2, 0.25) is 0 Å². The highest BCUT2D eigenvalue weighted by atomic mass is 19.2. The third-order valence-corrected chi connectivity index (χ3v) is 6.37. The van der Waals surface area contributed by atoms with Crippen LogP contribution in [0.25, 0.3) is 0 Å². The first-order valence-electron chi connectivity index (χ1n) is 9.98. The first-order chi connectivity index (χ1) is 11.4. The van der Waals surface area contributed by atoms with Crippen LogP contribution in [0, 0.1) is 23.7 Å². The average molecular weight is 350 g/mol. The third-order valence-electron chi connectivity index (χ3n) is 6.37. The second kappa shape index (κ2) is 9.43. The molecular weight excluding hydrogens is 316 g/mol. The van der Waals surface area contributed by atoms with Crippen LogP contribution in [0.5, 0.6) is 0 Å². The van der Waals surface area contributed by atoms with Gasteiger partial charge in [0.1, 0.15) is 18.5 Å². The van der Waals surface area contributed by atoms with Crippen LogP contribution in [0.15, 0.2) is 0 Å². The second-order valence-electron chi connectivity index (χ2n) is 8.39. The minimum Gasteiger partial charge on any atom is -0.247 e. The van der Waals surface area contributed by atoms with Crippen molar-refractivity contribution >= 4 is 0 Å². The predicted octanol–water partition coefficient (Wildman–Crippen LogP) is 6.77. The van der Waals surface area contributed by atoms with E-state index in [0.717, 1.165) is 25.2 Å². The van der Waals surface area contributed by atoms with Crippen molar-refractivity contribution in [3.63, 3.8) is 0 Å². The van der Waals surface area contributed by atoms with E-state index < -0.39 is 24.7 Å². The highest BCUT2D eigenvalue weighted by Gasteiger charge is 2.44. The summed E-state index contributed by atoms with van der Waals surface area (Å²) in [5.74, 6) is 0.545. The largest absolute Gasteiger partial charge is 0.247 e. The van der Waals surface area contributed by atoms with Crippen molar-refractivity contribution in [2.24, 2.45) is 23.7 Å². The topological polar surface area (TPSA) is 0 Å². The minimum atomic E-state index is -2.01. The molecule has 0 aromatic rings. The maximum absolute atomic E-state index is 14.6. The van der Waals surface area contributed by atoms with Crippen molar-refractivity contribution < 1.29 is 17.6 Å². The lowest BCUT2D eigenvalue weighted by Crippen LogP contribution is -2.42. The smallest absolute Gasteiger partial charge is 0.162 e. The molecule has 0 aliphatic heterocycles. The van der Waals surface area contributed by atoms with Gasteiger partial charge >= 0.3 is 0 Å². The van der Waals surface area contributed by atoms with Gasteiger partial charge in [0.05, 0.1) is 0 Å². The molecule has 0 radical (unpaired) electrons. The molecule has 0 amide bonds. The highest BCUT2D eigenvalue weighted by Crippen LogP contribution is 2.44. The first-order valence-corrected chi connectivity index (χ1v) is 9.98. The monoisotopic (exact) mass is 350 g/mol. The van der Waals surface area contributed by atoms with E-state index in [1.165, 1.54) is 19.3 Å². The van der Waals surface area contributed by atoms with Crippen molar-refractivity contribution in [2.75, 3.05) is 0 Å². The van der Waals surface area contributed by atoms with E-state index in [-0.39, 0.29) is 24.7 Å². The normalized spacial score (nSPS) is 42.0. The Kier molecular flexibility index (Phi) is 7.87. The lowest BCUT2D eigenvalue weighted by atomic mass is 9.68. The maximum Gasteiger partial charge on any atom is 0.162 e.